The van der Waals surface area contributed by atoms with Crippen LogP contribution in [-0.4, -0.2) is 47.0 Å². The van der Waals surface area contributed by atoms with Crippen molar-refractivity contribution in [1.29, 1.82) is 0 Å². The van der Waals surface area contributed by atoms with E-state index in [1.54, 1.807) is 23.5 Å². The summed E-state index contributed by atoms with van der Waals surface area (Å²) in [6.07, 6.45) is 11.1. The Hall–Kier alpha value is -1.49. The molecule has 1 aliphatic heterocycles. The number of aromatic nitrogens is 2. The van der Waals surface area contributed by atoms with Crippen LogP contribution in [0.3, 0.4) is 0 Å². The molecule has 1 aromatic rings. The number of carbonyl (C=O) groups is 1. The van der Waals surface area contributed by atoms with Crippen LogP contribution in [-0.2, 0) is 11.2 Å². The van der Waals surface area contributed by atoms with Crippen molar-refractivity contribution >= 4 is 5.91 Å². The lowest BCUT2D eigenvalue weighted by atomic mass is 9.83. The van der Waals surface area contributed by atoms with Crippen molar-refractivity contribution in [2.75, 3.05) is 20.6 Å². The number of amides is 1. The molecule has 1 amide bonds. The molecule has 1 fully saturated rings. The normalized spacial score (nSPS) is 22.5. The van der Waals surface area contributed by atoms with Gasteiger partial charge in [0.1, 0.15) is 0 Å². The number of aryl methyl sites for hydroxylation is 1. The van der Waals surface area contributed by atoms with Crippen LogP contribution in [0.4, 0.5) is 0 Å². The van der Waals surface area contributed by atoms with Gasteiger partial charge in [0.2, 0.25) is 5.91 Å². The predicted octanol–water partition coefficient (Wildman–Crippen LogP) is 1.40. The van der Waals surface area contributed by atoms with Crippen LogP contribution < -0.4 is 5.32 Å². The average Bonchev–Trinajstić information content (AvgIpc) is 2.48. The minimum absolute atomic E-state index is 0.205. The fourth-order valence-electron chi connectivity index (χ4n) is 2.93. The van der Waals surface area contributed by atoms with E-state index in [2.05, 4.69) is 15.3 Å². The number of rotatable bonds is 5. The summed E-state index contributed by atoms with van der Waals surface area (Å²) >= 11 is 0. The standard InChI is InChI=1S/C15H24N4O/c1-19(2)14(20)15(7-3-4-9-18-15)8-5-6-13-12-16-10-11-17-13/h10-12,18H,3-9H2,1-2H3. The molecule has 0 radical (unpaired) electrons. The maximum absolute atomic E-state index is 12.5. The topological polar surface area (TPSA) is 58.1 Å². The van der Waals surface area contributed by atoms with E-state index in [0.29, 0.717) is 0 Å². The number of piperidine rings is 1. The van der Waals surface area contributed by atoms with Crippen LogP contribution in [0, 0.1) is 0 Å². The number of likely N-dealkylation sites (N-methyl/N-ethyl adjacent to an activating group) is 1. The maximum atomic E-state index is 12.5. The lowest BCUT2D eigenvalue weighted by Gasteiger charge is -2.39. The van der Waals surface area contributed by atoms with Gasteiger partial charge in [-0.15, -0.1) is 0 Å². The molecule has 0 spiro atoms. The smallest absolute Gasteiger partial charge is 0.242 e. The predicted molar refractivity (Wildman–Crippen MR) is 78.2 cm³/mol. The highest BCUT2D eigenvalue weighted by Gasteiger charge is 2.39. The van der Waals surface area contributed by atoms with E-state index >= 15 is 0 Å². The molecule has 110 valence electrons. The van der Waals surface area contributed by atoms with Gasteiger partial charge in [-0.1, -0.05) is 0 Å². The molecular weight excluding hydrogens is 252 g/mol. The van der Waals surface area contributed by atoms with E-state index in [1.165, 1.54) is 0 Å². The van der Waals surface area contributed by atoms with Gasteiger partial charge >= 0.3 is 0 Å². The van der Waals surface area contributed by atoms with Crippen molar-refractivity contribution in [3.63, 3.8) is 0 Å². The van der Waals surface area contributed by atoms with Crippen LogP contribution in [0.15, 0.2) is 18.6 Å². The van der Waals surface area contributed by atoms with E-state index in [1.807, 2.05) is 14.1 Å². The first-order valence-electron chi connectivity index (χ1n) is 7.36. The zero-order chi connectivity index (χ0) is 14.4. The molecule has 20 heavy (non-hydrogen) atoms. The Morgan fingerprint density at radius 1 is 1.40 bits per heavy atom. The molecule has 1 atom stereocenters. The highest BCUT2D eigenvalue weighted by Crippen LogP contribution is 2.26. The molecule has 1 aliphatic rings. The molecule has 5 heteroatoms. The van der Waals surface area contributed by atoms with E-state index in [0.717, 1.165) is 50.8 Å². The number of carbonyl (C=O) groups excluding carboxylic acids is 1. The Morgan fingerprint density at radius 3 is 2.85 bits per heavy atom. The summed E-state index contributed by atoms with van der Waals surface area (Å²) in [7, 11) is 3.67. The van der Waals surface area contributed by atoms with Crippen molar-refractivity contribution in [2.45, 2.75) is 44.1 Å². The lowest BCUT2D eigenvalue weighted by Crippen LogP contribution is -2.58. The van der Waals surface area contributed by atoms with Gasteiger partial charge in [-0.25, -0.2) is 0 Å². The van der Waals surface area contributed by atoms with E-state index in [-0.39, 0.29) is 11.4 Å². The van der Waals surface area contributed by atoms with Crippen molar-refractivity contribution in [3.8, 4) is 0 Å². The van der Waals surface area contributed by atoms with Crippen LogP contribution in [0.1, 0.15) is 37.8 Å². The summed E-state index contributed by atoms with van der Waals surface area (Å²) in [6, 6.07) is 0. The quantitative estimate of drug-likeness (QED) is 0.883. The molecule has 1 saturated heterocycles. The summed E-state index contributed by atoms with van der Waals surface area (Å²) in [4.78, 5) is 22.6. The Balaban J connectivity index is 1.96. The minimum atomic E-state index is -0.371. The van der Waals surface area contributed by atoms with Gasteiger partial charge in [-0.3, -0.25) is 14.8 Å². The molecule has 2 rings (SSSR count). The SMILES string of the molecule is CN(C)C(=O)C1(CCCc2cnccn2)CCCCN1. The average molecular weight is 276 g/mol. The van der Waals surface area contributed by atoms with Gasteiger partial charge in [-0.2, -0.15) is 0 Å². The zero-order valence-corrected chi connectivity index (χ0v) is 12.4. The third-order valence-corrected chi connectivity index (χ3v) is 3.96. The third-order valence-electron chi connectivity index (χ3n) is 3.96. The molecule has 0 saturated carbocycles. The number of hydrogen-bond acceptors (Lipinski definition) is 4. The monoisotopic (exact) mass is 276 g/mol. The molecule has 1 aromatic heterocycles. The van der Waals surface area contributed by atoms with Crippen molar-refractivity contribution in [2.24, 2.45) is 0 Å². The number of nitrogens with one attached hydrogen (secondary N) is 1. The van der Waals surface area contributed by atoms with Gasteiger partial charge < -0.3 is 10.2 Å². The summed E-state index contributed by atoms with van der Waals surface area (Å²) in [6.45, 7) is 0.935. The second-order valence-corrected chi connectivity index (χ2v) is 5.72. The maximum Gasteiger partial charge on any atom is 0.242 e. The zero-order valence-electron chi connectivity index (χ0n) is 12.4. The van der Waals surface area contributed by atoms with Crippen molar-refractivity contribution < 1.29 is 4.79 Å². The minimum Gasteiger partial charge on any atom is -0.347 e. The van der Waals surface area contributed by atoms with Crippen LogP contribution >= 0.6 is 0 Å². The first kappa shape index (κ1) is 14.9. The number of nitrogens with zero attached hydrogens (tertiary/aromatic N) is 3. The highest BCUT2D eigenvalue weighted by atomic mass is 16.2. The summed E-state index contributed by atoms with van der Waals surface area (Å²) < 4.78 is 0. The van der Waals surface area contributed by atoms with Gasteiger partial charge in [0.05, 0.1) is 11.2 Å². The van der Waals surface area contributed by atoms with E-state index in [9.17, 15) is 4.79 Å². The van der Waals surface area contributed by atoms with Gasteiger partial charge in [0.15, 0.2) is 0 Å². The van der Waals surface area contributed by atoms with E-state index in [4.69, 9.17) is 0 Å². The fraction of sp³-hybridized carbons (Fsp3) is 0.667. The number of hydrogen-bond donors (Lipinski definition) is 1. The van der Waals surface area contributed by atoms with Crippen molar-refractivity contribution in [1.82, 2.24) is 20.2 Å². The van der Waals surface area contributed by atoms with Crippen LogP contribution in [0.2, 0.25) is 0 Å². The second kappa shape index (κ2) is 6.79. The molecular formula is C15H24N4O. The Bertz CT molecular complexity index is 427. The van der Waals surface area contributed by atoms with Crippen molar-refractivity contribution in [3.05, 3.63) is 24.3 Å². The largest absolute Gasteiger partial charge is 0.347 e. The molecule has 0 aromatic carbocycles. The van der Waals surface area contributed by atoms with Gasteiger partial charge in [-0.05, 0) is 45.1 Å². The molecule has 1 N–H and O–H groups in total. The first-order chi connectivity index (χ1) is 9.64. The summed E-state index contributed by atoms with van der Waals surface area (Å²) in [5.41, 5.74) is 0.625. The highest BCUT2D eigenvalue weighted by molar-refractivity contribution is 5.86. The molecule has 0 aliphatic carbocycles. The first-order valence-corrected chi connectivity index (χ1v) is 7.36. The Labute approximate surface area is 120 Å². The molecule has 0 bridgehead atoms. The molecule has 5 nitrogen and oxygen atoms in total. The lowest BCUT2D eigenvalue weighted by molar-refractivity contribution is -0.137. The van der Waals surface area contributed by atoms with Gasteiger partial charge in [0, 0.05) is 32.7 Å². The van der Waals surface area contributed by atoms with E-state index < -0.39 is 0 Å². The Kier molecular flexibility index (Phi) is 5.06. The second-order valence-electron chi connectivity index (χ2n) is 5.72. The fourth-order valence-corrected chi connectivity index (χ4v) is 2.93. The summed E-state index contributed by atoms with van der Waals surface area (Å²) in [5, 5.41) is 3.47. The molecule has 1 unspecified atom stereocenters. The van der Waals surface area contributed by atoms with Crippen LogP contribution in [0.5, 0.6) is 0 Å². The third kappa shape index (κ3) is 3.54. The van der Waals surface area contributed by atoms with Gasteiger partial charge in [0.25, 0.3) is 0 Å². The Morgan fingerprint density at radius 2 is 2.25 bits per heavy atom. The summed E-state index contributed by atoms with van der Waals surface area (Å²) in [5.74, 6) is 0.205. The van der Waals surface area contributed by atoms with Crippen LogP contribution in [0.25, 0.3) is 0 Å². The molecule has 2 heterocycles.